The van der Waals surface area contributed by atoms with Crippen LogP contribution < -0.4 is 9.04 Å². The van der Waals surface area contributed by atoms with Gasteiger partial charge in [0, 0.05) is 30.9 Å². The predicted octanol–water partition coefficient (Wildman–Crippen LogP) is 4.86. The van der Waals surface area contributed by atoms with Gasteiger partial charge in [0.25, 0.3) is 10.0 Å². The van der Waals surface area contributed by atoms with Crippen LogP contribution in [0.3, 0.4) is 0 Å². The molecule has 0 saturated carbocycles. The zero-order valence-electron chi connectivity index (χ0n) is 19.6. The first-order valence-electron chi connectivity index (χ1n) is 11.3. The third-order valence-corrected chi connectivity index (χ3v) is 8.35. The molecule has 1 aliphatic heterocycles. The number of anilines is 1. The van der Waals surface area contributed by atoms with E-state index in [-0.39, 0.29) is 46.8 Å². The molecule has 12 heteroatoms. The van der Waals surface area contributed by atoms with E-state index < -0.39 is 27.7 Å². The molecule has 1 aliphatic rings. The summed E-state index contributed by atoms with van der Waals surface area (Å²) in [5.74, 6) is -1.41. The van der Waals surface area contributed by atoms with Crippen molar-refractivity contribution in [3.8, 4) is 5.75 Å². The number of aryl methyl sites for hydroxylation is 1. The van der Waals surface area contributed by atoms with Crippen LogP contribution in [0, 0.1) is 11.7 Å². The van der Waals surface area contributed by atoms with E-state index in [2.05, 4.69) is 5.10 Å². The lowest BCUT2D eigenvalue weighted by Crippen LogP contribution is -2.43. The SMILES string of the molecule is CCOC(=O)C1Cc2ccc(OCc3c(F)cccc3Cl)cc2N(S(=O)(=O)c2cn(CC)nc2Cl)C1. The van der Waals surface area contributed by atoms with E-state index >= 15 is 0 Å². The summed E-state index contributed by atoms with van der Waals surface area (Å²) in [7, 11) is -4.20. The maximum absolute atomic E-state index is 14.2. The molecule has 0 amide bonds. The largest absolute Gasteiger partial charge is 0.489 e. The van der Waals surface area contributed by atoms with Crippen molar-refractivity contribution in [1.82, 2.24) is 9.78 Å². The maximum Gasteiger partial charge on any atom is 0.311 e. The van der Waals surface area contributed by atoms with Crippen molar-refractivity contribution in [3.63, 3.8) is 0 Å². The van der Waals surface area contributed by atoms with Gasteiger partial charge in [-0.15, -0.1) is 0 Å². The number of carbonyl (C=O) groups excluding carboxylic acids is 1. The van der Waals surface area contributed by atoms with Crippen molar-refractivity contribution in [2.24, 2.45) is 5.92 Å². The predicted molar refractivity (Wildman–Crippen MR) is 133 cm³/mol. The van der Waals surface area contributed by atoms with Gasteiger partial charge < -0.3 is 9.47 Å². The van der Waals surface area contributed by atoms with Gasteiger partial charge in [-0.3, -0.25) is 13.8 Å². The summed E-state index contributed by atoms with van der Waals surface area (Å²) in [6.07, 6.45) is 1.63. The van der Waals surface area contributed by atoms with E-state index in [1.807, 2.05) is 0 Å². The smallest absolute Gasteiger partial charge is 0.311 e. The molecule has 0 aliphatic carbocycles. The molecule has 0 radical (unpaired) electrons. The number of sulfonamides is 1. The highest BCUT2D eigenvalue weighted by Gasteiger charge is 2.38. The molecule has 1 aromatic heterocycles. The van der Waals surface area contributed by atoms with Crippen LogP contribution in [-0.4, -0.2) is 37.3 Å². The molecule has 4 rings (SSSR count). The van der Waals surface area contributed by atoms with Crippen molar-refractivity contribution in [2.45, 2.75) is 38.3 Å². The minimum Gasteiger partial charge on any atom is -0.489 e. The van der Waals surface area contributed by atoms with E-state index in [4.69, 9.17) is 32.7 Å². The number of carbonyl (C=O) groups is 1. The summed E-state index contributed by atoms with van der Waals surface area (Å²) < 4.78 is 55.1. The fourth-order valence-corrected chi connectivity index (χ4v) is 6.18. The molecule has 8 nitrogen and oxygen atoms in total. The van der Waals surface area contributed by atoms with Gasteiger partial charge in [0.05, 0.1) is 23.2 Å². The summed E-state index contributed by atoms with van der Waals surface area (Å²) in [6, 6.07) is 9.18. The van der Waals surface area contributed by atoms with Crippen LogP contribution >= 0.6 is 23.2 Å². The second-order valence-corrected chi connectivity index (χ2v) is 10.7. The highest BCUT2D eigenvalue weighted by Crippen LogP contribution is 2.38. The quantitative estimate of drug-likeness (QED) is 0.369. The summed E-state index contributed by atoms with van der Waals surface area (Å²) in [5.41, 5.74) is 1.12. The zero-order valence-corrected chi connectivity index (χ0v) is 21.9. The maximum atomic E-state index is 14.2. The summed E-state index contributed by atoms with van der Waals surface area (Å²) in [6.45, 7) is 3.79. The highest BCUT2D eigenvalue weighted by molar-refractivity contribution is 7.93. The lowest BCUT2D eigenvalue weighted by Gasteiger charge is -2.34. The monoisotopic (exact) mass is 555 g/mol. The molecule has 0 bridgehead atoms. The molecule has 36 heavy (non-hydrogen) atoms. The molecule has 2 heterocycles. The van der Waals surface area contributed by atoms with Gasteiger partial charge in [-0.1, -0.05) is 35.3 Å². The normalized spacial score (nSPS) is 15.5. The number of hydrogen-bond acceptors (Lipinski definition) is 6. The Morgan fingerprint density at radius 2 is 2.00 bits per heavy atom. The Labute approximate surface area is 218 Å². The molecular weight excluding hydrogens is 532 g/mol. The lowest BCUT2D eigenvalue weighted by atomic mass is 9.94. The standard InChI is InChI=1S/C24H24Cl2FN3O5S/c1-3-29-13-22(23(26)28-29)36(32,33)30-12-16(24(31)34-4-2)10-15-8-9-17(11-21(15)30)35-14-18-19(25)6-5-7-20(18)27/h5-9,11,13,16H,3-4,10,12,14H2,1-2H3. The highest BCUT2D eigenvalue weighted by atomic mass is 35.5. The van der Waals surface area contributed by atoms with Gasteiger partial charge in [-0.2, -0.15) is 5.10 Å². The van der Waals surface area contributed by atoms with E-state index in [0.29, 0.717) is 23.5 Å². The number of fused-ring (bicyclic) bond motifs is 1. The van der Waals surface area contributed by atoms with Gasteiger partial charge in [-0.25, -0.2) is 12.8 Å². The average Bonchev–Trinajstić information content (AvgIpc) is 3.24. The third kappa shape index (κ3) is 5.16. The van der Waals surface area contributed by atoms with Gasteiger partial charge in [0.1, 0.15) is 23.1 Å². The van der Waals surface area contributed by atoms with Crippen LogP contribution in [-0.2, 0) is 39.1 Å². The Morgan fingerprint density at radius 1 is 1.22 bits per heavy atom. The summed E-state index contributed by atoms with van der Waals surface area (Å²) in [5, 5.41) is 4.09. The number of benzene rings is 2. The van der Waals surface area contributed by atoms with Crippen LogP contribution in [0.2, 0.25) is 10.2 Å². The second kappa shape index (κ2) is 10.7. The first-order valence-corrected chi connectivity index (χ1v) is 13.5. The first-order chi connectivity index (χ1) is 17.1. The van der Waals surface area contributed by atoms with Gasteiger partial charge in [0.2, 0.25) is 0 Å². The van der Waals surface area contributed by atoms with Crippen LogP contribution in [0.1, 0.15) is 25.0 Å². The van der Waals surface area contributed by atoms with Crippen LogP contribution in [0.5, 0.6) is 5.75 Å². The van der Waals surface area contributed by atoms with Crippen LogP contribution in [0.15, 0.2) is 47.5 Å². The third-order valence-electron chi connectivity index (χ3n) is 5.82. The molecule has 0 saturated heterocycles. The number of rotatable bonds is 8. The summed E-state index contributed by atoms with van der Waals surface area (Å²) >= 11 is 12.3. The van der Waals surface area contributed by atoms with Crippen molar-refractivity contribution < 1.29 is 27.1 Å². The molecule has 0 N–H and O–H groups in total. The molecule has 0 fully saturated rings. The molecule has 1 unspecified atom stereocenters. The van der Waals surface area contributed by atoms with Gasteiger partial charge in [0.15, 0.2) is 5.15 Å². The Bertz CT molecular complexity index is 1380. The van der Waals surface area contributed by atoms with E-state index in [0.717, 1.165) is 4.31 Å². The Hall–Kier alpha value is -2.82. The number of nitrogens with zero attached hydrogens (tertiary/aromatic N) is 3. The second-order valence-electron chi connectivity index (χ2n) is 8.11. The Kier molecular flexibility index (Phi) is 7.77. The number of halogens is 3. The fraction of sp³-hybridized carbons (Fsp3) is 0.333. The molecule has 192 valence electrons. The topological polar surface area (TPSA) is 90.7 Å². The van der Waals surface area contributed by atoms with Crippen molar-refractivity contribution >= 4 is 44.9 Å². The molecule has 0 spiro atoms. The van der Waals surface area contributed by atoms with Crippen LogP contribution in [0.25, 0.3) is 0 Å². The summed E-state index contributed by atoms with van der Waals surface area (Å²) in [4.78, 5) is 12.4. The number of hydrogen-bond donors (Lipinski definition) is 0. The van der Waals surface area contributed by atoms with Gasteiger partial charge >= 0.3 is 5.97 Å². The molecule has 2 aromatic carbocycles. The van der Waals surface area contributed by atoms with E-state index in [9.17, 15) is 17.6 Å². The Balaban J connectivity index is 1.72. The molecule has 3 aromatic rings. The van der Waals surface area contributed by atoms with Crippen molar-refractivity contribution in [2.75, 3.05) is 17.5 Å². The van der Waals surface area contributed by atoms with E-state index in [1.165, 1.54) is 23.0 Å². The first kappa shape index (κ1) is 26.2. The lowest BCUT2D eigenvalue weighted by molar-refractivity contribution is -0.147. The van der Waals surface area contributed by atoms with Crippen molar-refractivity contribution in [1.29, 1.82) is 0 Å². The number of aromatic nitrogens is 2. The molecule has 1 atom stereocenters. The Morgan fingerprint density at radius 3 is 2.67 bits per heavy atom. The average molecular weight is 556 g/mol. The van der Waals surface area contributed by atoms with Crippen molar-refractivity contribution in [3.05, 3.63) is 69.7 Å². The van der Waals surface area contributed by atoms with E-state index in [1.54, 1.807) is 38.1 Å². The minimum atomic E-state index is -4.20. The fourth-order valence-electron chi connectivity index (χ4n) is 3.97. The molecular formula is C24H24Cl2FN3O5S. The van der Waals surface area contributed by atoms with Crippen LogP contribution in [0.4, 0.5) is 10.1 Å². The zero-order chi connectivity index (χ0) is 26.0. The number of esters is 1. The minimum absolute atomic E-state index is 0.148. The van der Waals surface area contributed by atoms with Gasteiger partial charge in [-0.05, 0) is 44.0 Å². The number of ether oxygens (including phenoxy) is 2.